The van der Waals surface area contributed by atoms with Crippen molar-refractivity contribution in [3.63, 3.8) is 0 Å². The van der Waals surface area contributed by atoms with Gasteiger partial charge in [-0.25, -0.2) is 9.98 Å². The van der Waals surface area contributed by atoms with Crippen LogP contribution in [0.15, 0.2) is 53.5 Å². The predicted octanol–water partition coefficient (Wildman–Crippen LogP) is 3.36. The Labute approximate surface area is 193 Å². The molecular weight excluding hydrogens is 495 g/mol. The van der Waals surface area contributed by atoms with Crippen LogP contribution in [0.25, 0.3) is 11.4 Å². The molecule has 1 aromatic heterocycles. The molecule has 0 bridgehead atoms. The van der Waals surface area contributed by atoms with Crippen LogP contribution in [0.4, 0.5) is 0 Å². The van der Waals surface area contributed by atoms with Crippen LogP contribution in [0.2, 0.25) is 0 Å². The second kappa shape index (κ2) is 12.0. The lowest BCUT2D eigenvalue weighted by molar-refractivity contribution is 0.410. The zero-order valence-electron chi connectivity index (χ0n) is 17.3. The van der Waals surface area contributed by atoms with Gasteiger partial charge in [0.25, 0.3) is 0 Å². The molecule has 30 heavy (non-hydrogen) atoms. The predicted molar refractivity (Wildman–Crippen MR) is 128 cm³/mol. The third-order valence-electron chi connectivity index (χ3n) is 4.25. The summed E-state index contributed by atoms with van der Waals surface area (Å²) in [7, 11) is 3.30. The Morgan fingerprint density at radius 1 is 1.03 bits per heavy atom. The first-order valence-corrected chi connectivity index (χ1v) is 9.43. The highest BCUT2D eigenvalue weighted by Crippen LogP contribution is 2.19. The summed E-state index contributed by atoms with van der Waals surface area (Å²) in [5.41, 5.74) is 1.94. The number of nitrogens with zero attached hydrogens (tertiary/aromatic N) is 3. The Kier molecular flexibility index (Phi) is 9.39. The van der Waals surface area contributed by atoms with Crippen molar-refractivity contribution in [3.05, 3.63) is 59.9 Å². The van der Waals surface area contributed by atoms with Crippen molar-refractivity contribution in [1.82, 2.24) is 25.8 Å². The van der Waals surface area contributed by atoms with E-state index in [1.54, 1.807) is 14.2 Å². The van der Waals surface area contributed by atoms with Crippen molar-refractivity contribution in [1.29, 1.82) is 0 Å². The molecule has 0 amide bonds. The van der Waals surface area contributed by atoms with E-state index in [0.29, 0.717) is 24.9 Å². The molecule has 3 N–H and O–H groups in total. The number of hydrogen-bond donors (Lipinski definition) is 3. The van der Waals surface area contributed by atoms with Crippen LogP contribution in [0, 0.1) is 0 Å². The van der Waals surface area contributed by atoms with Crippen molar-refractivity contribution in [3.8, 4) is 22.9 Å². The second-order valence-corrected chi connectivity index (χ2v) is 6.19. The van der Waals surface area contributed by atoms with Crippen molar-refractivity contribution in [2.45, 2.75) is 20.0 Å². The van der Waals surface area contributed by atoms with Gasteiger partial charge in [-0.2, -0.15) is 5.10 Å². The number of aromatic nitrogens is 3. The summed E-state index contributed by atoms with van der Waals surface area (Å²) in [5.74, 6) is 3.68. The van der Waals surface area contributed by atoms with Gasteiger partial charge in [-0.05, 0) is 37.3 Å². The van der Waals surface area contributed by atoms with E-state index in [4.69, 9.17) is 9.47 Å². The SMILES string of the molecule is CCNC(=NCc1ccccc1OC)NCc1nc(-c2ccc(OC)cc2)n[nH]1.I. The number of H-pyrrole nitrogens is 1. The van der Waals surface area contributed by atoms with Crippen LogP contribution in [-0.2, 0) is 13.1 Å². The molecule has 0 radical (unpaired) electrons. The second-order valence-electron chi connectivity index (χ2n) is 6.19. The van der Waals surface area contributed by atoms with Crippen molar-refractivity contribution in [2.24, 2.45) is 4.99 Å². The number of nitrogens with one attached hydrogen (secondary N) is 3. The van der Waals surface area contributed by atoms with E-state index < -0.39 is 0 Å². The lowest BCUT2D eigenvalue weighted by atomic mass is 10.2. The number of benzene rings is 2. The first kappa shape index (κ1) is 23.5. The van der Waals surface area contributed by atoms with Gasteiger partial charge in [0.15, 0.2) is 11.8 Å². The average Bonchev–Trinajstić information content (AvgIpc) is 3.25. The summed E-state index contributed by atoms with van der Waals surface area (Å²) in [4.78, 5) is 9.17. The topological polar surface area (TPSA) is 96.5 Å². The highest BCUT2D eigenvalue weighted by molar-refractivity contribution is 14.0. The summed E-state index contributed by atoms with van der Waals surface area (Å²) in [6.45, 7) is 3.76. The minimum atomic E-state index is 0. The molecule has 2 aromatic carbocycles. The lowest BCUT2D eigenvalue weighted by Gasteiger charge is -2.11. The summed E-state index contributed by atoms with van der Waals surface area (Å²) in [6, 6.07) is 15.5. The fourth-order valence-corrected chi connectivity index (χ4v) is 2.75. The number of guanidine groups is 1. The van der Waals surface area contributed by atoms with E-state index in [9.17, 15) is 0 Å². The molecule has 0 spiro atoms. The van der Waals surface area contributed by atoms with Gasteiger partial charge in [-0.15, -0.1) is 24.0 Å². The number of hydrogen-bond acceptors (Lipinski definition) is 5. The molecular formula is C21H27IN6O2. The van der Waals surface area contributed by atoms with Gasteiger partial charge in [0.2, 0.25) is 0 Å². The molecule has 8 nitrogen and oxygen atoms in total. The average molecular weight is 522 g/mol. The maximum atomic E-state index is 5.39. The summed E-state index contributed by atoms with van der Waals surface area (Å²) < 4.78 is 10.6. The highest BCUT2D eigenvalue weighted by atomic mass is 127. The standard InChI is InChI=1S/C21H26N6O2.HI/c1-4-22-21(23-13-16-7-5-6-8-18(16)29-3)24-14-19-25-20(27-26-19)15-9-11-17(28-2)12-10-15;/h5-12H,4,13-14H2,1-3H3,(H2,22,23,24)(H,25,26,27);1H. The Hall–Kier alpha value is -2.82. The Balaban J connectivity index is 0.00000320. The molecule has 0 atom stereocenters. The normalized spacial score (nSPS) is 10.8. The van der Waals surface area contributed by atoms with E-state index in [0.717, 1.165) is 35.0 Å². The number of halogens is 1. The molecule has 0 aliphatic rings. The number of rotatable bonds is 8. The lowest BCUT2D eigenvalue weighted by Crippen LogP contribution is -2.37. The zero-order valence-corrected chi connectivity index (χ0v) is 19.6. The van der Waals surface area contributed by atoms with Gasteiger partial charge in [0, 0.05) is 17.7 Å². The van der Waals surface area contributed by atoms with Gasteiger partial charge in [-0.1, -0.05) is 18.2 Å². The molecule has 9 heteroatoms. The van der Waals surface area contributed by atoms with Gasteiger partial charge in [0.1, 0.15) is 17.3 Å². The van der Waals surface area contributed by atoms with E-state index in [1.807, 2.05) is 55.5 Å². The van der Waals surface area contributed by atoms with Crippen molar-refractivity contribution in [2.75, 3.05) is 20.8 Å². The third-order valence-corrected chi connectivity index (χ3v) is 4.25. The van der Waals surface area contributed by atoms with Gasteiger partial charge < -0.3 is 20.1 Å². The van der Waals surface area contributed by atoms with Gasteiger partial charge in [0.05, 0.1) is 27.3 Å². The smallest absolute Gasteiger partial charge is 0.191 e. The van der Waals surface area contributed by atoms with Gasteiger partial charge in [-0.3, -0.25) is 5.10 Å². The molecule has 0 saturated heterocycles. The molecule has 0 unspecified atom stereocenters. The van der Waals surface area contributed by atoms with Crippen LogP contribution < -0.4 is 20.1 Å². The molecule has 0 fully saturated rings. The summed E-state index contributed by atoms with van der Waals surface area (Å²) in [5, 5.41) is 13.8. The minimum absolute atomic E-state index is 0. The maximum Gasteiger partial charge on any atom is 0.191 e. The maximum absolute atomic E-state index is 5.39. The quantitative estimate of drug-likeness (QED) is 0.239. The van der Waals surface area contributed by atoms with Crippen LogP contribution >= 0.6 is 24.0 Å². The van der Waals surface area contributed by atoms with Crippen LogP contribution in [-0.4, -0.2) is 41.9 Å². The Morgan fingerprint density at radius 3 is 2.50 bits per heavy atom. The van der Waals surface area contributed by atoms with Crippen LogP contribution in [0.5, 0.6) is 11.5 Å². The number of ether oxygens (including phenoxy) is 2. The number of methoxy groups -OCH3 is 2. The van der Waals surface area contributed by atoms with E-state index in [1.165, 1.54) is 0 Å². The molecule has 3 aromatic rings. The molecule has 1 heterocycles. The van der Waals surface area contributed by atoms with Crippen LogP contribution in [0.3, 0.4) is 0 Å². The number of para-hydroxylation sites is 1. The third kappa shape index (κ3) is 6.34. The number of aromatic amines is 1. The van der Waals surface area contributed by atoms with E-state index in [2.05, 4.69) is 30.8 Å². The monoisotopic (exact) mass is 522 g/mol. The van der Waals surface area contributed by atoms with E-state index >= 15 is 0 Å². The molecule has 0 aliphatic carbocycles. The zero-order chi connectivity index (χ0) is 20.5. The van der Waals surface area contributed by atoms with Crippen molar-refractivity contribution < 1.29 is 9.47 Å². The van der Waals surface area contributed by atoms with E-state index in [-0.39, 0.29) is 24.0 Å². The fraction of sp³-hybridized carbons (Fsp3) is 0.286. The minimum Gasteiger partial charge on any atom is -0.497 e. The molecule has 3 rings (SSSR count). The summed E-state index contributed by atoms with van der Waals surface area (Å²) >= 11 is 0. The van der Waals surface area contributed by atoms with Crippen molar-refractivity contribution >= 4 is 29.9 Å². The molecule has 160 valence electrons. The van der Waals surface area contributed by atoms with Crippen LogP contribution in [0.1, 0.15) is 18.3 Å². The molecule has 0 saturated carbocycles. The fourth-order valence-electron chi connectivity index (χ4n) is 2.75. The first-order valence-electron chi connectivity index (χ1n) is 9.43. The Morgan fingerprint density at radius 2 is 1.80 bits per heavy atom. The first-order chi connectivity index (χ1) is 14.2. The molecule has 0 aliphatic heterocycles. The summed E-state index contributed by atoms with van der Waals surface area (Å²) in [6.07, 6.45) is 0. The number of aliphatic imine (C=N–C) groups is 1. The highest BCUT2D eigenvalue weighted by Gasteiger charge is 2.07. The largest absolute Gasteiger partial charge is 0.497 e. The Bertz CT molecular complexity index is 943. The van der Waals surface area contributed by atoms with Gasteiger partial charge >= 0.3 is 0 Å².